The van der Waals surface area contributed by atoms with Crippen molar-refractivity contribution < 1.29 is 47.8 Å². The number of hydrogen-bond acceptors (Lipinski definition) is 8. The van der Waals surface area contributed by atoms with Crippen molar-refractivity contribution in [2.75, 3.05) is 19.8 Å². The second-order valence-corrected chi connectivity index (χ2v) is 18.0. The van der Waals surface area contributed by atoms with E-state index in [-0.39, 0.29) is 12.8 Å². The van der Waals surface area contributed by atoms with Gasteiger partial charge in [0.15, 0.2) is 6.04 Å². The predicted molar refractivity (Wildman–Crippen MR) is 281 cm³/mol. The first-order valence-electron chi connectivity index (χ1n) is 25.6. The molecule has 1 amide bonds. The molecule has 0 bridgehead atoms. The summed E-state index contributed by atoms with van der Waals surface area (Å²) in [4.78, 5) is 46.2. The topological polar surface area (TPSA) is 169 Å². The summed E-state index contributed by atoms with van der Waals surface area (Å²) in [6, 6.07) is -1.57. The summed E-state index contributed by atoms with van der Waals surface area (Å²) in [5, 5.41) is 21.9. The number of esters is 1. The van der Waals surface area contributed by atoms with Crippen molar-refractivity contribution in [1.29, 1.82) is 0 Å². The van der Waals surface area contributed by atoms with E-state index in [4.69, 9.17) is 13.8 Å². The Bertz CT molecular complexity index is 1610. The summed E-state index contributed by atoms with van der Waals surface area (Å²) in [5.74, 6) is -2.42. The maximum absolute atomic E-state index is 12.4. The normalized spacial score (nSPS) is 14.5. The van der Waals surface area contributed by atoms with Crippen molar-refractivity contribution >= 4 is 25.7 Å². The second kappa shape index (κ2) is 49.3. The number of aliphatic hydroxyl groups excluding tert-OH is 1. The molecule has 3 atom stereocenters. The molecule has 0 saturated carbocycles. The Labute approximate surface area is 411 Å². The second-order valence-electron chi connectivity index (χ2n) is 16.6. The lowest BCUT2D eigenvalue weighted by molar-refractivity contribution is -0.147. The lowest BCUT2D eigenvalue weighted by Crippen LogP contribution is -2.43. The van der Waals surface area contributed by atoms with Gasteiger partial charge in [0, 0.05) is 12.8 Å². The lowest BCUT2D eigenvalue weighted by Gasteiger charge is -2.18. The first-order chi connectivity index (χ1) is 33.1. The number of rotatable bonds is 46. The average molecular weight is 968 g/mol. The highest BCUT2D eigenvalue weighted by atomic mass is 31.2. The minimum atomic E-state index is -4.78. The standard InChI is InChI=1S/C56H90NO10P/c1-3-5-7-9-11-13-15-17-19-21-23-25-26-28-29-31-33-35-37-39-41-43-45-47-54(59)57-53(56(61)62)51-67-68(63,64)66-50-52(58)49-65-55(60)48-46-44-42-40-38-36-34-32-30-27-24-22-20-18-16-14-12-10-8-6-4-2/h5-8,11-14,17-20,23-25,27-29,32,34,52-53,58H,3-4,9-10,15-16,21-22,26,30-31,33,35-51H2,1-2H3,(H,57,59)(H,61,62)(H,63,64)/b7-5-,8-6-,13-11-,14-12-,19-17-,20-18-,25-23-,27-24-,29-28-,34-32-. The molecule has 0 aromatic heterocycles. The van der Waals surface area contributed by atoms with Crippen molar-refractivity contribution in [3.8, 4) is 0 Å². The number of hydrogen-bond donors (Lipinski definition) is 4. The van der Waals surface area contributed by atoms with E-state index in [1.54, 1.807) is 0 Å². The van der Waals surface area contributed by atoms with E-state index in [9.17, 15) is 34.1 Å². The monoisotopic (exact) mass is 968 g/mol. The highest BCUT2D eigenvalue weighted by molar-refractivity contribution is 7.47. The molecule has 0 saturated heterocycles. The minimum Gasteiger partial charge on any atom is -0.480 e. The van der Waals surface area contributed by atoms with Crippen LogP contribution in [0.25, 0.3) is 0 Å². The molecule has 0 aliphatic carbocycles. The quantitative estimate of drug-likeness (QED) is 0.0199. The Hall–Kier alpha value is -4.12. The van der Waals surface area contributed by atoms with E-state index >= 15 is 0 Å². The van der Waals surface area contributed by atoms with Crippen LogP contribution >= 0.6 is 7.82 Å². The highest BCUT2D eigenvalue weighted by Crippen LogP contribution is 2.43. The van der Waals surface area contributed by atoms with Crippen LogP contribution in [0, 0.1) is 0 Å². The number of allylic oxidation sites excluding steroid dienone is 20. The predicted octanol–water partition coefficient (Wildman–Crippen LogP) is 14.3. The van der Waals surface area contributed by atoms with E-state index in [1.807, 2.05) is 0 Å². The highest BCUT2D eigenvalue weighted by Gasteiger charge is 2.28. The largest absolute Gasteiger partial charge is 0.480 e. The third kappa shape index (κ3) is 48.3. The number of phosphoric acid groups is 1. The van der Waals surface area contributed by atoms with Crippen molar-refractivity contribution in [2.45, 2.75) is 193 Å². The molecule has 0 spiro atoms. The molecule has 12 heteroatoms. The first kappa shape index (κ1) is 63.9. The molecular formula is C56H90NO10P. The van der Waals surface area contributed by atoms with Gasteiger partial charge in [0.25, 0.3) is 0 Å². The van der Waals surface area contributed by atoms with E-state index in [1.165, 1.54) is 0 Å². The maximum atomic E-state index is 12.4. The Morgan fingerprint density at radius 3 is 1.21 bits per heavy atom. The van der Waals surface area contributed by atoms with Crippen LogP contribution in [-0.4, -0.2) is 64.9 Å². The van der Waals surface area contributed by atoms with Crippen LogP contribution in [0.1, 0.15) is 181 Å². The Morgan fingerprint density at radius 1 is 0.471 bits per heavy atom. The third-order valence-electron chi connectivity index (χ3n) is 10.2. The van der Waals surface area contributed by atoms with Crippen LogP contribution in [0.15, 0.2) is 122 Å². The molecule has 3 unspecified atom stereocenters. The van der Waals surface area contributed by atoms with Gasteiger partial charge in [-0.2, -0.15) is 0 Å². The molecule has 0 fully saturated rings. The van der Waals surface area contributed by atoms with E-state index in [0.717, 1.165) is 141 Å². The van der Waals surface area contributed by atoms with Gasteiger partial charge in [0.1, 0.15) is 12.7 Å². The number of nitrogens with one attached hydrogen (secondary N) is 1. The van der Waals surface area contributed by atoms with Crippen LogP contribution in [0.2, 0.25) is 0 Å². The zero-order valence-corrected chi connectivity index (χ0v) is 42.7. The summed E-state index contributed by atoms with van der Waals surface area (Å²) in [5.41, 5.74) is 0. The first-order valence-corrected chi connectivity index (χ1v) is 27.1. The van der Waals surface area contributed by atoms with Gasteiger partial charge in [-0.25, -0.2) is 9.36 Å². The van der Waals surface area contributed by atoms with Gasteiger partial charge < -0.3 is 25.2 Å². The van der Waals surface area contributed by atoms with Crippen molar-refractivity contribution in [3.05, 3.63) is 122 Å². The SMILES string of the molecule is CC/C=C\C/C=C\C/C=C\C/C=C\C/C=C\CCCCCCCCCC(=O)NC(COP(=O)(O)OCC(O)COC(=O)CCCCCCC/C=C\C/C=C\C/C=C\C/C=C\C/C=C\CC)C(=O)O. The zero-order chi connectivity index (χ0) is 49.9. The number of carboxylic acids is 1. The van der Waals surface area contributed by atoms with Gasteiger partial charge in [-0.1, -0.05) is 187 Å². The zero-order valence-electron chi connectivity index (χ0n) is 41.9. The number of aliphatic hydroxyl groups is 1. The third-order valence-corrected chi connectivity index (χ3v) is 11.2. The number of carbonyl (C=O) groups excluding carboxylic acids is 2. The van der Waals surface area contributed by atoms with Crippen LogP contribution in [0.5, 0.6) is 0 Å². The Morgan fingerprint density at radius 2 is 0.809 bits per heavy atom. The van der Waals surface area contributed by atoms with Gasteiger partial charge in [0.05, 0.1) is 13.2 Å². The smallest absolute Gasteiger partial charge is 0.472 e. The van der Waals surface area contributed by atoms with Crippen molar-refractivity contribution in [2.24, 2.45) is 0 Å². The molecule has 0 aliphatic rings. The average Bonchev–Trinajstić information content (AvgIpc) is 3.32. The number of amides is 1. The number of unbranched alkanes of at least 4 members (excludes halogenated alkanes) is 12. The number of ether oxygens (including phenoxy) is 1. The van der Waals surface area contributed by atoms with Crippen LogP contribution in [0.3, 0.4) is 0 Å². The van der Waals surface area contributed by atoms with Crippen molar-refractivity contribution in [3.63, 3.8) is 0 Å². The fourth-order valence-corrected chi connectivity index (χ4v) is 7.14. The van der Waals surface area contributed by atoms with Crippen LogP contribution < -0.4 is 5.32 Å². The molecule has 384 valence electrons. The molecular weight excluding hydrogens is 878 g/mol. The van der Waals surface area contributed by atoms with Crippen LogP contribution in [0.4, 0.5) is 0 Å². The summed E-state index contributed by atoms with van der Waals surface area (Å²) >= 11 is 0. The number of phosphoric ester groups is 1. The summed E-state index contributed by atoms with van der Waals surface area (Å²) < 4.78 is 26.9. The molecule has 0 heterocycles. The molecule has 0 aromatic rings. The van der Waals surface area contributed by atoms with Gasteiger partial charge in [-0.15, -0.1) is 0 Å². The molecule has 4 N–H and O–H groups in total. The van der Waals surface area contributed by atoms with Gasteiger partial charge >= 0.3 is 19.8 Å². The molecule has 0 radical (unpaired) electrons. The fraction of sp³-hybridized carbons (Fsp3) is 0.589. The molecule has 0 aromatic carbocycles. The number of carbonyl (C=O) groups is 3. The Balaban J connectivity index is 3.92. The van der Waals surface area contributed by atoms with E-state index < -0.39 is 57.6 Å². The fourth-order valence-electron chi connectivity index (χ4n) is 6.37. The number of aliphatic carboxylic acids is 1. The van der Waals surface area contributed by atoms with E-state index in [0.29, 0.717) is 12.8 Å². The van der Waals surface area contributed by atoms with Gasteiger partial charge in [-0.3, -0.25) is 18.6 Å². The summed E-state index contributed by atoms with van der Waals surface area (Å²) in [6.07, 6.45) is 66.4. The van der Waals surface area contributed by atoms with Gasteiger partial charge in [-0.05, 0) is 103 Å². The van der Waals surface area contributed by atoms with E-state index in [2.05, 4.69) is 141 Å². The van der Waals surface area contributed by atoms with Crippen molar-refractivity contribution in [1.82, 2.24) is 5.32 Å². The maximum Gasteiger partial charge on any atom is 0.472 e. The molecule has 68 heavy (non-hydrogen) atoms. The molecule has 0 rings (SSSR count). The minimum absolute atomic E-state index is 0.123. The Kier molecular flexibility index (Phi) is 46.3. The lowest BCUT2D eigenvalue weighted by atomic mass is 10.1. The number of carboxylic acid groups (broad SMARTS) is 1. The molecule has 0 aliphatic heterocycles. The summed E-state index contributed by atoms with van der Waals surface area (Å²) in [6.45, 7) is 2.34. The molecule has 11 nitrogen and oxygen atoms in total. The summed E-state index contributed by atoms with van der Waals surface area (Å²) in [7, 11) is -4.78. The van der Waals surface area contributed by atoms with Crippen LogP contribution in [-0.2, 0) is 32.7 Å². The van der Waals surface area contributed by atoms with Gasteiger partial charge in [0.2, 0.25) is 5.91 Å².